The normalized spacial score (nSPS) is 11.3. The summed E-state index contributed by atoms with van der Waals surface area (Å²) in [5.41, 5.74) is 1.59. The van der Waals surface area contributed by atoms with Crippen molar-refractivity contribution >= 4 is 46.4 Å². The summed E-state index contributed by atoms with van der Waals surface area (Å²) in [6.45, 7) is 0. The highest BCUT2D eigenvalue weighted by molar-refractivity contribution is 6.76. The molecule has 1 aromatic carbocycles. The molecule has 0 unspecified atom stereocenters. The molecule has 0 aliphatic rings. The Morgan fingerprint density at radius 1 is 1.12 bits per heavy atom. The minimum atomic E-state index is -2.08. The van der Waals surface area contributed by atoms with Crippen LogP contribution in [-0.4, -0.2) is 24.8 Å². The highest BCUT2D eigenvalue weighted by atomic mass is 35.6. The van der Waals surface area contributed by atoms with E-state index in [2.05, 4.69) is 20.4 Å². The average molecular weight is 384 g/mol. The van der Waals surface area contributed by atoms with Gasteiger partial charge in [-0.2, -0.15) is 4.98 Å². The number of rotatable bonds is 3. The third kappa shape index (κ3) is 3.67. The van der Waals surface area contributed by atoms with E-state index in [1.807, 2.05) is 0 Å². The monoisotopic (exact) mass is 382 g/mol. The fourth-order valence-corrected chi connectivity index (χ4v) is 2.06. The zero-order chi connectivity index (χ0) is 17.2. The minimum absolute atomic E-state index is 0.217. The first-order valence-electron chi connectivity index (χ1n) is 6.67. The zero-order valence-corrected chi connectivity index (χ0v) is 14.2. The molecule has 2 heterocycles. The van der Waals surface area contributed by atoms with Gasteiger partial charge in [-0.1, -0.05) is 52.1 Å². The van der Waals surface area contributed by atoms with Crippen LogP contribution in [-0.2, 0) is 4.79 Å². The molecule has 3 rings (SSSR count). The number of hydrogen-bond acceptors (Lipinski definition) is 5. The van der Waals surface area contributed by atoms with Gasteiger partial charge in [-0.25, -0.2) is 0 Å². The topological polar surface area (TPSA) is 80.9 Å². The van der Waals surface area contributed by atoms with Crippen LogP contribution in [0.25, 0.3) is 22.8 Å². The summed E-state index contributed by atoms with van der Waals surface area (Å²) in [6, 6.07) is 10.4. The van der Waals surface area contributed by atoms with Gasteiger partial charge in [-0.3, -0.25) is 9.78 Å². The highest BCUT2D eigenvalue weighted by Gasteiger charge is 2.31. The first-order valence-corrected chi connectivity index (χ1v) is 7.80. The molecular formula is C15H9Cl3N4O2. The summed E-state index contributed by atoms with van der Waals surface area (Å²) in [4.78, 5) is 20.2. The van der Waals surface area contributed by atoms with Crippen molar-refractivity contribution in [2.24, 2.45) is 0 Å². The van der Waals surface area contributed by atoms with Crippen LogP contribution in [0.3, 0.4) is 0 Å². The molecule has 6 nitrogen and oxygen atoms in total. The van der Waals surface area contributed by atoms with Gasteiger partial charge in [0.15, 0.2) is 0 Å². The van der Waals surface area contributed by atoms with E-state index in [1.165, 1.54) is 0 Å². The molecule has 3 aromatic rings. The Balaban J connectivity index is 1.94. The number of para-hydroxylation sites is 1. The van der Waals surface area contributed by atoms with Crippen molar-refractivity contribution in [2.75, 3.05) is 5.32 Å². The molecule has 0 atom stereocenters. The Morgan fingerprint density at radius 3 is 2.62 bits per heavy atom. The van der Waals surface area contributed by atoms with Gasteiger partial charge in [0.05, 0.1) is 11.3 Å². The van der Waals surface area contributed by atoms with Gasteiger partial charge >= 0.3 is 0 Å². The van der Waals surface area contributed by atoms with E-state index in [0.717, 1.165) is 0 Å². The van der Waals surface area contributed by atoms with E-state index in [4.69, 9.17) is 39.3 Å². The number of carbonyl (C=O) groups is 1. The standard InChI is InChI=1S/C15H9Cl3N4O2/c16-15(17,18)14(23)20-11-6-2-1-5-10(11)13-21-12(22-24-13)9-4-3-7-19-8-9/h1-8H,(H,20,23). The van der Waals surface area contributed by atoms with Crippen molar-refractivity contribution in [3.8, 4) is 22.8 Å². The van der Waals surface area contributed by atoms with E-state index in [-0.39, 0.29) is 5.89 Å². The van der Waals surface area contributed by atoms with Gasteiger partial charge in [0.1, 0.15) is 0 Å². The Bertz CT molecular complexity index is 862. The summed E-state index contributed by atoms with van der Waals surface area (Å²) in [7, 11) is 0. The third-order valence-electron chi connectivity index (χ3n) is 3.01. The second kappa shape index (κ2) is 6.76. The number of hydrogen-bond donors (Lipinski definition) is 1. The lowest BCUT2D eigenvalue weighted by Gasteiger charge is -2.13. The summed E-state index contributed by atoms with van der Waals surface area (Å²) in [5, 5.41) is 6.44. The van der Waals surface area contributed by atoms with Crippen molar-refractivity contribution in [1.29, 1.82) is 0 Å². The van der Waals surface area contributed by atoms with Gasteiger partial charge in [0.2, 0.25) is 5.82 Å². The number of amides is 1. The molecule has 0 aliphatic heterocycles. The van der Waals surface area contributed by atoms with Crippen molar-refractivity contribution in [2.45, 2.75) is 3.79 Å². The van der Waals surface area contributed by atoms with Crippen molar-refractivity contribution in [1.82, 2.24) is 15.1 Å². The van der Waals surface area contributed by atoms with Crippen LogP contribution in [0.5, 0.6) is 0 Å². The number of carbonyl (C=O) groups excluding carboxylic acids is 1. The smallest absolute Gasteiger partial charge is 0.276 e. The highest BCUT2D eigenvalue weighted by Crippen LogP contribution is 2.32. The molecule has 24 heavy (non-hydrogen) atoms. The largest absolute Gasteiger partial charge is 0.334 e. The molecule has 0 spiro atoms. The quantitative estimate of drug-likeness (QED) is 0.688. The van der Waals surface area contributed by atoms with Crippen LogP contribution >= 0.6 is 34.8 Å². The number of aromatic nitrogens is 3. The molecule has 0 radical (unpaired) electrons. The summed E-state index contributed by atoms with van der Waals surface area (Å²) in [6.07, 6.45) is 3.26. The SMILES string of the molecule is O=C(Nc1ccccc1-c1nc(-c2cccnc2)no1)C(Cl)(Cl)Cl. The van der Waals surface area contributed by atoms with Crippen molar-refractivity contribution in [3.63, 3.8) is 0 Å². The predicted octanol–water partition coefficient (Wildman–Crippen LogP) is 4.11. The number of anilines is 1. The lowest BCUT2D eigenvalue weighted by molar-refractivity contribution is -0.115. The summed E-state index contributed by atoms with van der Waals surface area (Å²) in [5.74, 6) is -0.193. The van der Waals surface area contributed by atoms with Crippen LogP contribution in [0, 0.1) is 0 Å². The van der Waals surface area contributed by atoms with Crippen LogP contribution < -0.4 is 5.32 Å². The number of pyridine rings is 1. The molecule has 122 valence electrons. The van der Waals surface area contributed by atoms with Gasteiger partial charge < -0.3 is 9.84 Å². The summed E-state index contributed by atoms with van der Waals surface area (Å²) < 4.78 is 3.19. The van der Waals surface area contributed by atoms with E-state index in [9.17, 15) is 4.79 Å². The van der Waals surface area contributed by atoms with Crippen molar-refractivity contribution < 1.29 is 9.32 Å². The van der Waals surface area contributed by atoms with Gasteiger partial charge in [-0.15, -0.1) is 0 Å². The molecule has 1 N–H and O–H groups in total. The van der Waals surface area contributed by atoms with E-state index in [1.54, 1.807) is 48.8 Å². The average Bonchev–Trinajstić information content (AvgIpc) is 3.05. The molecule has 0 saturated heterocycles. The van der Waals surface area contributed by atoms with Crippen LogP contribution in [0.2, 0.25) is 0 Å². The Morgan fingerprint density at radius 2 is 1.92 bits per heavy atom. The number of halogens is 3. The van der Waals surface area contributed by atoms with E-state index >= 15 is 0 Å². The fraction of sp³-hybridized carbons (Fsp3) is 0.0667. The third-order valence-corrected chi connectivity index (χ3v) is 3.52. The minimum Gasteiger partial charge on any atom is -0.334 e. The Kier molecular flexibility index (Phi) is 4.71. The number of nitrogens with zero attached hydrogens (tertiary/aromatic N) is 3. The first-order chi connectivity index (χ1) is 11.4. The van der Waals surface area contributed by atoms with Gasteiger partial charge in [0, 0.05) is 18.0 Å². The molecule has 0 saturated carbocycles. The maximum absolute atomic E-state index is 11.9. The molecule has 9 heteroatoms. The molecule has 0 aliphatic carbocycles. The number of benzene rings is 1. The van der Waals surface area contributed by atoms with E-state index < -0.39 is 9.70 Å². The lowest BCUT2D eigenvalue weighted by Crippen LogP contribution is -2.27. The predicted molar refractivity (Wildman–Crippen MR) is 91.9 cm³/mol. The van der Waals surface area contributed by atoms with Gasteiger partial charge in [-0.05, 0) is 24.3 Å². The Labute approximate surface area is 151 Å². The molecule has 2 aromatic heterocycles. The summed E-state index contributed by atoms with van der Waals surface area (Å²) >= 11 is 16.7. The lowest BCUT2D eigenvalue weighted by atomic mass is 10.1. The maximum atomic E-state index is 11.9. The molecular weight excluding hydrogens is 375 g/mol. The maximum Gasteiger partial charge on any atom is 0.276 e. The van der Waals surface area contributed by atoms with Crippen LogP contribution in [0.4, 0.5) is 5.69 Å². The Hall–Kier alpha value is -2.15. The van der Waals surface area contributed by atoms with Gasteiger partial charge in [0.25, 0.3) is 15.6 Å². The first kappa shape index (κ1) is 16.7. The second-order valence-electron chi connectivity index (χ2n) is 4.66. The molecule has 1 amide bonds. The fourth-order valence-electron chi connectivity index (χ4n) is 1.92. The van der Waals surface area contributed by atoms with E-state index in [0.29, 0.717) is 22.6 Å². The van der Waals surface area contributed by atoms with Crippen LogP contribution in [0.15, 0.2) is 53.3 Å². The molecule has 0 bridgehead atoms. The zero-order valence-electron chi connectivity index (χ0n) is 11.9. The number of alkyl halides is 3. The number of nitrogens with one attached hydrogen (secondary N) is 1. The van der Waals surface area contributed by atoms with Crippen molar-refractivity contribution in [3.05, 3.63) is 48.8 Å². The second-order valence-corrected chi connectivity index (χ2v) is 6.94. The molecule has 0 fully saturated rings. The van der Waals surface area contributed by atoms with Crippen LogP contribution in [0.1, 0.15) is 0 Å².